The van der Waals surface area contributed by atoms with Crippen LogP contribution in [0, 0.1) is 5.92 Å². The van der Waals surface area contributed by atoms with Crippen molar-refractivity contribution in [1.82, 2.24) is 4.57 Å². The average molecular weight is 209 g/mol. The fraction of sp³-hybridized carbons (Fsp3) is 0.692. The van der Waals surface area contributed by atoms with Crippen molar-refractivity contribution in [3.8, 4) is 0 Å². The molecule has 1 N–H and O–H groups in total. The smallest absolute Gasteiger partial charge is 0.0832 e. The van der Waals surface area contributed by atoms with Crippen molar-refractivity contribution >= 4 is 0 Å². The molecular formula is C13H23NO. The molecule has 2 heteroatoms. The lowest BCUT2D eigenvalue weighted by atomic mass is 10.1. The van der Waals surface area contributed by atoms with Crippen LogP contribution in [0.25, 0.3) is 0 Å². The van der Waals surface area contributed by atoms with E-state index in [1.165, 1.54) is 12.1 Å². The number of hydrogen-bond donors (Lipinski definition) is 1. The normalized spacial score (nSPS) is 11.3. The number of rotatable bonds is 6. The van der Waals surface area contributed by atoms with Crippen molar-refractivity contribution in [2.45, 2.75) is 53.2 Å². The number of hydrogen-bond acceptors (Lipinski definition) is 1. The Balaban J connectivity index is 2.72. The maximum atomic E-state index is 9.21. The van der Waals surface area contributed by atoms with Crippen LogP contribution in [0.2, 0.25) is 0 Å². The fourth-order valence-corrected chi connectivity index (χ4v) is 1.86. The highest BCUT2D eigenvalue weighted by atomic mass is 16.3. The Morgan fingerprint density at radius 1 is 1.27 bits per heavy atom. The number of aliphatic hydroxyl groups excluding tert-OH is 1. The Labute approximate surface area is 92.9 Å². The van der Waals surface area contributed by atoms with Gasteiger partial charge in [-0.05, 0) is 37.3 Å². The van der Waals surface area contributed by atoms with Gasteiger partial charge in [0, 0.05) is 17.9 Å². The summed E-state index contributed by atoms with van der Waals surface area (Å²) in [6, 6.07) is 4.20. The van der Waals surface area contributed by atoms with Gasteiger partial charge in [0.05, 0.1) is 6.61 Å². The summed E-state index contributed by atoms with van der Waals surface area (Å²) in [6.45, 7) is 7.85. The van der Waals surface area contributed by atoms with Crippen LogP contribution in [0.4, 0.5) is 0 Å². The third-order valence-electron chi connectivity index (χ3n) is 2.75. The van der Waals surface area contributed by atoms with E-state index < -0.39 is 0 Å². The zero-order valence-electron chi connectivity index (χ0n) is 10.2. The summed E-state index contributed by atoms with van der Waals surface area (Å²) in [5.41, 5.74) is 2.42. The molecule has 1 rings (SSSR count). The molecule has 1 heterocycles. The van der Waals surface area contributed by atoms with Crippen LogP contribution in [0.15, 0.2) is 12.1 Å². The van der Waals surface area contributed by atoms with E-state index in [2.05, 4.69) is 31.4 Å². The summed E-state index contributed by atoms with van der Waals surface area (Å²) in [5.74, 6) is 0.743. The van der Waals surface area contributed by atoms with Crippen molar-refractivity contribution in [2.24, 2.45) is 5.92 Å². The largest absolute Gasteiger partial charge is 0.390 e. The average Bonchev–Trinajstić information content (AvgIpc) is 2.58. The van der Waals surface area contributed by atoms with E-state index in [9.17, 15) is 5.11 Å². The van der Waals surface area contributed by atoms with Gasteiger partial charge in [0.2, 0.25) is 0 Å². The van der Waals surface area contributed by atoms with Crippen molar-refractivity contribution in [3.05, 3.63) is 23.5 Å². The number of nitrogens with zero attached hydrogens (tertiary/aromatic N) is 1. The first-order chi connectivity index (χ1) is 7.19. The predicted molar refractivity (Wildman–Crippen MR) is 63.8 cm³/mol. The van der Waals surface area contributed by atoms with E-state index in [4.69, 9.17) is 0 Å². The minimum absolute atomic E-state index is 0.154. The van der Waals surface area contributed by atoms with E-state index in [1.807, 2.05) is 6.07 Å². The molecule has 2 nitrogen and oxygen atoms in total. The minimum atomic E-state index is 0.154. The first kappa shape index (κ1) is 12.3. The highest BCUT2D eigenvalue weighted by Gasteiger charge is 2.07. The summed E-state index contributed by atoms with van der Waals surface area (Å²) in [4.78, 5) is 0. The maximum absolute atomic E-state index is 9.21. The molecule has 0 aliphatic rings. The zero-order chi connectivity index (χ0) is 11.3. The SMILES string of the molecule is CCCn1c(CO)ccc1CCC(C)C. The van der Waals surface area contributed by atoms with Gasteiger partial charge in [0.15, 0.2) is 0 Å². The molecule has 1 aromatic rings. The van der Waals surface area contributed by atoms with E-state index >= 15 is 0 Å². The second-order valence-electron chi connectivity index (χ2n) is 4.56. The lowest BCUT2D eigenvalue weighted by Crippen LogP contribution is -2.07. The topological polar surface area (TPSA) is 25.2 Å². The van der Waals surface area contributed by atoms with Gasteiger partial charge in [0.25, 0.3) is 0 Å². The molecule has 15 heavy (non-hydrogen) atoms. The Morgan fingerprint density at radius 2 is 1.93 bits per heavy atom. The monoisotopic (exact) mass is 209 g/mol. The third-order valence-corrected chi connectivity index (χ3v) is 2.75. The molecule has 0 saturated heterocycles. The van der Waals surface area contributed by atoms with Crippen molar-refractivity contribution in [2.75, 3.05) is 0 Å². The second-order valence-corrected chi connectivity index (χ2v) is 4.56. The standard InChI is InChI=1S/C13H23NO/c1-4-9-14-12(6-5-11(2)3)7-8-13(14)10-15/h7-8,11,15H,4-6,9-10H2,1-3H3. The molecule has 0 amide bonds. The van der Waals surface area contributed by atoms with Gasteiger partial charge in [-0.15, -0.1) is 0 Å². The molecule has 0 spiro atoms. The maximum Gasteiger partial charge on any atom is 0.0832 e. The van der Waals surface area contributed by atoms with Gasteiger partial charge in [0.1, 0.15) is 0 Å². The Morgan fingerprint density at radius 3 is 2.47 bits per heavy atom. The number of aryl methyl sites for hydroxylation is 1. The molecule has 0 unspecified atom stereocenters. The zero-order valence-corrected chi connectivity index (χ0v) is 10.2. The highest BCUT2D eigenvalue weighted by Crippen LogP contribution is 2.14. The van der Waals surface area contributed by atoms with Gasteiger partial charge in [-0.3, -0.25) is 0 Å². The van der Waals surface area contributed by atoms with Gasteiger partial charge >= 0.3 is 0 Å². The second kappa shape index (κ2) is 5.96. The number of aliphatic hydroxyl groups is 1. The molecule has 0 radical (unpaired) electrons. The summed E-state index contributed by atoms with van der Waals surface area (Å²) in [6.07, 6.45) is 3.46. The molecule has 0 saturated carbocycles. The van der Waals surface area contributed by atoms with Crippen LogP contribution < -0.4 is 0 Å². The predicted octanol–water partition coefficient (Wildman–Crippen LogP) is 2.98. The van der Waals surface area contributed by atoms with E-state index in [0.29, 0.717) is 0 Å². The van der Waals surface area contributed by atoms with Crippen molar-refractivity contribution in [1.29, 1.82) is 0 Å². The first-order valence-electron chi connectivity index (χ1n) is 5.97. The summed E-state index contributed by atoms with van der Waals surface area (Å²) in [7, 11) is 0. The van der Waals surface area contributed by atoms with Crippen LogP contribution in [0.5, 0.6) is 0 Å². The lowest BCUT2D eigenvalue weighted by molar-refractivity contribution is 0.269. The van der Waals surface area contributed by atoms with Gasteiger partial charge in [-0.2, -0.15) is 0 Å². The summed E-state index contributed by atoms with van der Waals surface area (Å²) >= 11 is 0. The Hall–Kier alpha value is -0.760. The highest BCUT2D eigenvalue weighted by molar-refractivity contribution is 5.16. The van der Waals surface area contributed by atoms with Crippen LogP contribution in [-0.2, 0) is 19.6 Å². The van der Waals surface area contributed by atoms with E-state index in [1.54, 1.807) is 0 Å². The Bertz CT molecular complexity index is 289. The molecule has 0 bridgehead atoms. The molecule has 0 aliphatic heterocycles. The molecule has 86 valence electrons. The molecular weight excluding hydrogens is 186 g/mol. The quantitative estimate of drug-likeness (QED) is 0.765. The summed E-state index contributed by atoms with van der Waals surface area (Å²) in [5, 5.41) is 9.21. The van der Waals surface area contributed by atoms with Crippen LogP contribution >= 0.6 is 0 Å². The van der Waals surface area contributed by atoms with Crippen LogP contribution in [-0.4, -0.2) is 9.67 Å². The third kappa shape index (κ3) is 3.38. The fourth-order valence-electron chi connectivity index (χ4n) is 1.86. The lowest BCUT2D eigenvalue weighted by Gasteiger charge is -2.12. The molecule has 1 aromatic heterocycles. The minimum Gasteiger partial charge on any atom is -0.390 e. The van der Waals surface area contributed by atoms with Crippen LogP contribution in [0.3, 0.4) is 0 Å². The Kier molecular flexibility index (Phi) is 4.89. The first-order valence-corrected chi connectivity index (χ1v) is 5.97. The molecule has 0 fully saturated rings. The number of aromatic nitrogens is 1. The van der Waals surface area contributed by atoms with E-state index in [-0.39, 0.29) is 6.61 Å². The molecule has 0 atom stereocenters. The van der Waals surface area contributed by atoms with Crippen molar-refractivity contribution in [3.63, 3.8) is 0 Å². The van der Waals surface area contributed by atoms with Gasteiger partial charge < -0.3 is 9.67 Å². The summed E-state index contributed by atoms with van der Waals surface area (Å²) < 4.78 is 2.27. The van der Waals surface area contributed by atoms with Gasteiger partial charge in [-0.1, -0.05) is 20.8 Å². The molecule has 0 aromatic carbocycles. The van der Waals surface area contributed by atoms with Crippen LogP contribution in [0.1, 0.15) is 45.0 Å². The van der Waals surface area contributed by atoms with E-state index in [0.717, 1.165) is 31.0 Å². The molecule has 0 aliphatic carbocycles. The van der Waals surface area contributed by atoms with Crippen molar-refractivity contribution < 1.29 is 5.11 Å². The van der Waals surface area contributed by atoms with Gasteiger partial charge in [-0.25, -0.2) is 0 Å².